The van der Waals surface area contributed by atoms with Gasteiger partial charge < -0.3 is 19.9 Å². The fourth-order valence-electron chi connectivity index (χ4n) is 3.63. The zero-order chi connectivity index (χ0) is 17.4. The summed E-state index contributed by atoms with van der Waals surface area (Å²) >= 11 is 1.47. The molecule has 0 spiro atoms. The molecule has 1 aromatic carbocycles. The second kappa shape index (κ2) is 6.61. The number of aliphatic hydroxyl groups is 1. The molecule has 0 saturated carbocycles. The van der Waals surface area contributed by atoms with Crippen LogP contribution in [0.5, 0.6) is 0 Å². The molecule has 0 radical (unpaired) electrons. The number of aliphatic hydroxyl groups excluding tert-OH is 1. The quantitative estimate of drug-likeness (QED) is 0.770. The van der Waals surface area contributed by atoms with E-state index in [2.05, 4.69) is 0 Å². The zero-order valence-corrected chi connectivity index (χ0v) is 14.5. The Morgan fingerprint density at radius 1 is 1.38 bits per heavy atom. The molecular formula is C18H20NO4S-. The first-order valence-electron chi connectivity index (χ1n) is 8.07. The van der Waals surface area contributed by atoms with E-state index < -0.39 is 18.0 Å². The molecule has 128 valence electrons. The number of aryl methyl sites for hydroxylation is 1. The Labute approximate surface area is 145 Å². The Hall–Kier alpha value is -1.79. The van der Waals surface area contributed by atoms with Gasteiger partial charge in [-0.15, -0.1) is 11.8 Å². The smallest absolute Gasteiger partial charge is 0.235 e. The van der Waals surface area contributed by atoms with Crippen LogP contribution in [-0.4, -0.2) is 39.8 Å². The van der Waals surface area contributed by atoms with Crippen LogP contribution in [0.4, 0.5) is 0 Å². The lowest BCUT2D eigenvalue weighted by atomic mass is 9.79. The number of hydrogen-bond donors (Lipinski definition) is 1. The van der Waals surface area contributed by atoms with Crippen molar-refractivity contribution in [3.63, 3.8) is 0 Å². The Balaban J connectivity index is 1.76. The second-order valence-electron chi connectivity index (χ2n) is 6.34. The molecule has 5 nitrogen and oxygen atoms in total. The third-order valence-corrected chi connectivity index (χ3v) is 6.08. The van der Waals surface area contributed by atoms with Crippen molar-refractivity contribution in [1.29, 1.82) is 0 Å². The van der Waals surface area contributed by atoms with Crippen molar-refractivity contribution >= 4 is 23.6 Å². The fraction of sp³-hybridized carbons (Fsp3) is 0.444. The van der Waals surface area contributed by atoms with Gasteiger partial charge in [0.05, 0.1) is 29.7 Å². The van der Waals surface area contributed by atoms with Gasteiger partial charge in [-0.05, 0) is 18.9 Å². The van der Waals surface area contributed by atoms with Gasteiger partial charge in [-0.2, -0.15) is 0 Å². The van der Waals surface area contributed by atoms with E-state index >= 15 is 0 Å². The van der Waals surface area contributed by atoms with Gasteiger partial charge in [-0.25, -0.2) is 0 Å². The number of hydrogen-bond acceptors (Lipinski definition) is 5. The van der Waals surface area contributed by atoms with E-state index in [1.54, 1.807) is 6.92 Å². The summed E-state index contributed by atoms with van der Waals surface area (Å²) in [6.45, 7) is 3.49. The number of fused-ring (bicyclic) bond motifs is 1. The molecule has 24 heavy (non-hydrogen) atoms. The van der Waals surface area contributed by atoms with Crippen LogP contribution in [0.25, 0.3) is 0 Å². The molecule has 2 aliphatic heterocycles. The van der Waals surface area contributed by atoms with E-state index in [0.29, 0.717) is 4.91 Å². The minimum atomic E-state index is -1.32. The van der Waals surface area contributed by atoms with Crippen molar-refractivity contribution in [1.82, 2.24) is 4.90 Å². The average Bonchev–Trinajstić information content (AvgIpc) is 2.78. The molecule has 2 heterocycles. The third kappa shape index (κ3) is 2.74. The highest BCUT2D eigenvalue weighted by atomic mass is 32.2. The number of β-lactam (4-membered cyclic amide) rings is 1. The lowest BCUT2D eigenvalue weighted by molar-refractivity contribution is -0.301. The normalized spacial score (nSPS) is 27.0. The largest absolute Gasteiger partial charge is 0.543 e. The molecule has 4 atom stereocenters. The molecule has 1 saturated heterocycles. The minimum absolute atomic E-state index is 0.00698. The van der Waals surface area contributed by atoms with Crippen molar-refractivity contribution in [2.45, 2.75) is 32.4 Å². The second-order valence-corrected chi connectivity index (χ2v) is 7.48. The molecule has 0 aliphatic carbocycles. The summed E-state index contributed by atoms with van der Waals surface area (Å²) in [5.41, 5.74) is 1.18. The highest BCUT2D eigenvalue weighted by Crippen LogP contribution is 2.50. The predicted octanol–water partition coefficient (Wildman–Crippen LogP) is 0.781. The van der Waals surface area contributed by atoms with Crippen LogP contribution in [-0.2, 0) is 16.0 Å². The van der Waals surface area contributed by atoms with Crippen molar-refractivity contribution in [3.05, 3.63) is 46.5 Å². The molecule has 1 N–H and O–H groups in total. The molecule has 6 heteroatoms. The molecule has 1 fully saturated rings. The van der Waals surface area contributed by atoms with E-state index in [1.807, 2.05) is 37.3 Å². The number of carbonyl (C=O) groups is 2. The molecule has 0 bridgehead atoms. The van der Waals surface area contributed by atoms with Crippen molar-refractivity contribution in [2.75, 3.05) is 5.75 Å². The predicted molar refractivity (Wildman–Crippen MR) is 89.6 cm³/mol. The summed E-state index contributed by atoms with van der Waals surface area (Å²) in [5.74, 6) is -1.53. The molecule has 3 rings (SSSR count). The Kier molecular flexibility index (Phi) is 4.69. The lowest BCUT2D eigenvalue weighted by Crippen LogP contribution is -2.64. The molecule has 0 unspecified atom stereocenters. The summed E-state index contributed by atoms with van der Waals surface area (Å²) in [4.78, 5) is 25.8. The van der Waals surface area contributed by atoms with Gasteiger partial charge >= 0.3 is 0 Å². The van der Waals surface area contributed by atoms with Crippen molar-refractivity contribution in [3.8, 4) is 0 Å². The number of benzene rings is 1. The maximum Gasteiger partial charge on any atom is 0.235 e. The number of amides is 1. The number of carboxylic acid groups (broad SMARTS) is 1. The SMILES string of the molecule is C[C@@H](O)[C@H]1C(=O)N2C(C(=O)[O-])=C(SCCc3ccccc3)[C@H](C)[C@H]12. The summed E-state index contributed by atoms with van der Waals surface area (Å²) < 4.78 is 0. The minimum Gasteiger partial charge on any atom is -0.543 e. The Morgan fingerprint density at radius 2 is 2.04 bits per heavy atom. The van der Waals surface area contributed by atoms with E-state index in [4.69, 9.17) is 0 Å². The van der Waals surface area contributed by atoms with Crippen LogP contribution < -0.4 is 5.11 Å². The number of nitrogens with zero attached hydrogens (tertiary/aromatic N) is 1. The molecule has 2 aliphatic rings. The molecular weight excluding hydrogens is 326 g/mol. The maximum absolute atomic E-state index is 12.2. The van der Waals surface area contributed by atoms with Gasteiger partial charge in [0.1, 0.15) is 0 Å². The summed E-state index contributed by atoms with van der Waals surface area (Å²) in [5, 5.41) is 21.4. The lowest BCUT2D eigenvalue weighted by Gasteiger charge is -2.47. The van der Waals surface area contributed by atoms with E-state index in [-0.39, 0.29) is 23.6 Å². The van der Waals surface area contributed by atoms with Crippen molar-refractivity contribution < 1.29 is 19.8 Å². The van der Waals surface area contributed by atoms with Crippen LogP contribution >= 0.6 is 11.8 Å². The monoisotopic (exact) mass is 346 g/mol. The van der Waals surface area contributed by atoms with Crippen LogP contribution in [0.2, 0.25) is 0 Å². The van der Waals surface area contributed by atoms with Gasteiger partial charge in [0.15, 0.2) is 0 Å². The first-order valence-corrected chi connectivity index (χ1v) is 9.05. The van der Waals surface area contributed by atoms with E-state index in [9.17, 15) is 19.8 Å². The van der Waals surface area contributed by atoms with Crippen molar-refractivity contribution in [2.24, 2.45) is 11.8 Å². The van der Waals surface area contributed by atoms with Crippen LogP contribution in [0.3, 0.4) is 0 Å². The van der Waals surface area contributed by atoms with Crippen LogP contribution in [0, 0.1) is 11.8 Å². The number of rotatable bonds is 6. The molecule has 1 aromatic rings. The topological polar surface area (TPSA) is 80.7 Å². The summed E-state index contributed by atoms with van der Waals surface area (Å²) in [7, 11) is 0. The first kappa shape index (κ1) is 17.0. The Bertz CT molecular complexity index is 686. The van der Waals surface area contributed by atoms with Crippen LogP contribution in [0.15, 0.2) is 40.9 Å². The standard InChI is InChI=1S/C18H21NO4S/c1-10-14-13(11(2)20)17(21)19(14)15(18(22)23)16(10)24-9-8-12-6-4-3-5-7-12/h3-7,10-11,13-14,20H,8-9H2,1-2H3,(H,22,23)/p-1/t10-,11-,13-,14-/m1/s1. The number of thioether (sulfide) groups is 1. The summed E-state index contributed by atoms with van der Waals surface area (Å²) in [6.07, 6.45) is 0.0402. The first-order chi connectivity index (χ1) is 11.4. The van der Waals surface area contributed by atoms with E-state index in [1.165, 1.54) is 22.2 Å². The number of carbonyl (C=O) groups excluding carboxylic acids is 2. The fourth-order valence-corrected chi connectivity index (χ4v) is 4.91. The van der Waals surface area contributed by atoms with Gasteiger partial charge in [-0.1, -0.05) is 37.3 Å². The highest BCUT2D eigenvalue weighted by molar-refractivity contribution is 8.03. The Morgan fingerprint density at radius 3 is 2.62 bits per heavy atom. The third-order valence-electron chi connectivity index (χ3n) is 4.79. The van der Waals surface area contributed by atoms with Gasteiger partial charge in [0.25, 0.3) is 0 Å². The molecule has 1 amide bonds. The number of aliphatic carboxylic acids is 1. The zero-order valence-electron chi connectivity index (χ0n) is 13.6. The van der Waals surface area contributed by atoms with Gasteiger partial charge in [0, 0.05) is 16.6 Å². The maximum atomic E-state index is 12.2. The van der Waals surface area contributed by atoms with Crippen LogP contribution in [0.1, 0.15) is 19.4 Å². The summed E-state index contributed by atoms with van der Waals surface area (Å²) in [6, 6.07) is 9.70. The highest BCUT2D eigenvalue weighted by Gasteiger charge is 2.58. The van der Waals surface area contributed by atoms with E-state index in [0.717, 1.165) is 12.2 Å². The van der Waals surface area contributed by atoms with Gasteiger partial charge in [-0.3, -0.25) is 4.79 Å². The molecule has 0 aromatic heterocycles. The number of carboxylic acids is 1. The average molecular weight is 346 g/mol. The van der Waals surface area contributed by atoms with Gasteiger partial charge in [0.2, 0.25) is 5.91 Å².